The molecule has 5 heteroatoms. The summed E-state index contributed by atoms with van der Waals surface area (Å²) in [7, 11) is 0. The fourth-order valence-electron chi connectivity index (χ4n) is 2.56. The van der Waals surface area contributed by atoms with Gasteiger partial charge < -0.3 is 10.2 Å². The Morgan fingerprint density at radius 1 is 1.45 bits per heavy atom. The minimum atomic E-state index is 0.521. The van der Waals surface area contributed by atoms with E-state index in [9.17, 15) is 0 Å². The molecule has 1 N–H and O–H groups in total. The first-order valence-corrected chi connectivity index (χ1v) is 7.84. The minimum Gasteiger partial charge on any atom is -0.344 e. The molecule has 2 aromatic rings. The zero-order valence-corrected chi connectivity index (χ0v) is 12.8. The van der Waals surface area contributed by atoms with E-state index in [1.807, 2.05) is 0 Å². The van der Waals surface area contributed by atoms with Crippen molar-refractivity contribution in [2.75, 3.05) is 24.5 Å². The standard InChI is InChI=1S/C15H20N4S/c1-11-4-3-5-13(8-11)9-14-17-15(20-18-14)19-7-6-16-12(2)10-19/h3-5,8,12,16H,6-7,9-10H2,1-2H3. The van der Waals surface area contributed by atoms with Crippen molar-refractivity contribution in [3.05, 3.63) is 41.2 Å². The van der Waals surface area contributed by atoms with E-state index in [0.717, 1.165) is 37.0 Å². The van der Waals surface area contributed by atoms with Gasteiger partial charge in [-0.15, -0.1) is 0 Å². The summed E-state index contributed by atoms with van der Waals surface area (Å²) < 4.78 is 4.51. The molecule has 0 bridgehead atoms. The molecular weight excluding hydrogens is 268 g/mol. The average molecular weight is 288 g/mol. The number of aromatic nitrogens is 2. The Morgan fingerprint density at radius 3 is 3.15 bits per heavy atom. The Labute approximate surface area is 124 Å². The second-order valence-electron chi connectivity index (χ2n) is 5.46. The first-order valence-electron chi connectivity index (χ1n) is 7.07. The Kier molecular flexibility index (Phi) is 3.98. The number of nitrogens with zero attached hydrogens (tertiary/aromatic N) is 3. The number of piperazine rings is 1. The van der Waals surface area contributed by atoms with Crippen molar-refractivity contribution in [1.29, 1.82) is 0 Å². The van der Waals surface area contributed by atoms with E-state index < -0.39 is 0 Å². The van der Waals surface area contributed by atoms with Crippen LogP contribution in [0.1, 0.15) is 23.9 Å². The number of hydrogen-bond acceptors (Lipinski definition) is 5. The van der Waals surface area contributed by atoms with Crippen molar-refractivity contribution >= 4 is 16.7 Å². The Bertz CT molecular complexity index is 581. The van der Waals surface area contributed by atoms with Gasteiger partial charge in [-0.05, 0) is 19.4 Å². The molecule has 1 aliphatic rings. The molecule has 1 aromatic carbocycles. The SMILES string of the molecule is Cc1cccc(Cc2nsc(N3CCNC(C)C3)n2)c1. The lowest BCUT2D eigenvalue weighted by Gasteiger charge is -2.31. The third-order valence-electron chi connectivity index (χ3n) is 3.54. The first-order chi connectivity index (χ1) is 9.70. The second kappa shape index (κ2) is 5.89. The van der Waals surface area contributed by atoms with Crippen LogP contribution in [0.25, 0.3) is 0 Å². The summed E-state index contributed by atoms with van der Waals surface area (Å²) in [4.78, 5) is 7.03. The van der Waals surface area contributed by atoms with E-state index in [1.54, 1.807) is 0 Å². The third kappa shape index (κ3) is 3.16. The van der Waals surface area contributed by atoms with Crippen molar-refractivity contribution in [1.82, 2.24) is 14.7 Å². The zero-order valence-electron chi connectivity index (χ0n) is 12.0. The van der Waals surface area contributed by atoms with E-state index in [4.69, 9.17) is 4.98 Å². The van der Waals surface area contributed by atoms with Crippen molar-refractivity contribution in [3.63, 3.8) is 0 Å². The Hall–Kier alpha value is -1.46. The van der Waals surface area contributed by atoms with Gasteiger partial charge in [0.25, 0.3) is 0 Å². The van der Waals surface area contributed by atoms with Crippen LogP contribution in [0.4, 0.5) is 5.13 Å². The highest BCUT2D eigenvalue weighted by Crippen LogP contribution is 2.20. The van der Waals surface area contributed by atoms with Crippen LogP contribution in [-0.2, 0) is 6.42 Å². The summed E-state index contributed by atoms with van der Waals surface area (Å²) in [5.41, 5.74) is 2.57. The highest BCUT2D eigenvalue weighted by atomic mass is 32.1. The summed E-state index contributed by atoms with van der Waals surface area (Å²) in [5, 5.41) is 4.51. The van der Waals surface area contributed by atoms with Gasteiger partial charge in [0, 0.05) is 43.6 Å². The van der Waals surface area contributed by atoms with Gasteiger partial charge in [-0.1, -0.05) is 29.8 Å². The van der Waals surface area contributed by atoms with Gasteiger partial charge in [-0.2, -0.15) is 4.37 Å². The largest absolute Gasteiger partial charge is 0.344 e. The third-order valence-corrected chi connectivity index (χ3v) is 4.36. The second-order valence-corrected chi connectivity index (χ2v) is 6.19. The Morgan fingerprint density at radius 2 is 2.35 bits per heavy atom. The molecular formula is C15H20N4S. The van der Waals surface area contributed by atoms with E-state index >= 15 is 0 Å². The van der Waals surface area contributed by atoms with Gasteiger partial charge in [-0.3, -0.25) is 0 Å². The first kappa shape index (κ1) is 13.5. The minimum absolute atomic E-state index is 0.521. The number of rotatable bonds is 3. The number of hydrogen-bond donors (Lipinski definition) is 1. The molecule has 0 aliphatic carbocycles. The maximum Gasteiger partial charge on any atom is 0.205 e. The molecule has 1 aromatic heterocycles. The van der Waals surface area contributed by atoms with Gasteiger partial charge in [-0.25, -0.2) is 4.98 Å². The van der Waals surface area contributed by atoms with Crippen LogP contribution < -0.4 is 10.2 Å². The predicted octanol–water partition coefficient (Wildman–Crippen LogP) is 2.24. The molecule has 0 radical (unpaired) electrons. The molecule has 0 saturated carbocycles. The molecule has 1 fully saturated rings. The van der Waals surface area contributed by atoms with E-state index in [-0.39, 0.29) is 0 Å². The fourth-order valence-corrected chi connectivity index (χ4v) is 3.28. The van der Waals surface area contributed by atoms with Crippen molar-refractivity contribution in [3.8, 4) is 0 Å². The van der Waals surface area contributed by atoms with Gasteiger partial charge in [0.15, 0.2) is 0 Å². The smallest absolute Gasteiger partial charge is 0.205 e. The number of anilines is 1. The highest BCUT2D eigenvalue weighted by molar-refractivity contribution is 7.09. The summed E-state index contributed by atoms with van der Waals surface area (Å²) in [6.07, 6.45) is 0.819. The molecule has 20 heavy (non-hydrogen) atoms. The fraction of sp³-hybridized carbons (Fsp3) is 0.467. The molecule has 3 rings (SSSR count). The zero-order chi connectivity index (χ0) is 13.9. The maximum atomic E-state index is 4.70. The average Bonchev–Trinajstić information content (AvgIpc) is 2.87. The molecule has 1 aliphatic heterocycles. The van der Waals surface area contributed by atoms with Crippen LogP contribution in [0, 0.1) is 6.92 Å². The summed E-state index contributed by atoms with van der Waals surface area (Å²) in [6, 6.07) is 9.07. The molecule has 106 valence electrons. The maximum absolute atomic E-state index is 4.70. The van der Waals surface area contributed by atoms with Crippen LogP contribution in [-0.4, -0.2) is 35.0 Å². The topological polar surface area (TPSA) is 41.1 Å². The summed E-state index contributed by atoms with van der Waals surface area (Å²) in [6.45, 7) is 7.38. The van der Waals surface area contributed by atoms with Crippen LogP contribution in [0.15, 0.2) is 24.3 Å². The van der Waals surface area contributed by atoms with Crippen LogP contribution in [0.3, 0.4) is 0 Å². The molecule has 0 spiro atoms. The Balaban J connectivity index is 1.70. The lowest BCUT2D eigenvalue weighted by Crippen LogP contribution is -2.49. The van der Waals surface area contributed by atoms with Gasteiger partial charge >= 0.3 is 0 Å². The highest BCUT2D eigenvalue weighted by Gasteiger charge is 2.19. The summed E-state index contributed by atoms with van der Waals surface area (Å²) in [5.74, 6) is 0.932. The van der Waals surface area contributed by atoms with Gasteiger partial charge in [0.05, 0.1) is 0 Å². The lowest BCUT2D eigenvalue weighted by molar-refractivity contribution is 0.484. The van der Waals surface area contributed by atoms with Crippen LogP contribution in [0.5, 0.6) is 0 Å². The van der Waals surface area contributed by atoms with E-state index in [0.29, 0.717) is 6.04 Å². The van der Waals surface area contributed by atoms with Gasteiger partial charge in [0.1, 0.15) is 5.82 Å². The molecule has 0 amide bonds. The van der Waals surface area contributed by atoms with E-state index in [2.05, 4.69) is 52.7 Å². The summed E-state index contributed by atoms with van der Waals surface area (Å²) >= 11 is 1.52. The quantitative estimate of drug-likeness (QED) is 0.940. The van der Waals surface area contributed by atoms with Crippen molar-refractivity contribution in [2.45, 2.75) is 26.3 Å². The predicted molar refractivity (Wildman–Crippen MR) is 83.6 cm³/mol. The van der Waals surface area contributed by atoms with Crippen LogP contribution in [0.2, 0.25) is 0 Å². The van der Waals surface area contributed by atoms with Crippen molar-refractivity contribution < 1.29 is 0 Å². The molecule has 1 unspecified atom stereocenters. The lowest BCUT2D eigenvalue weighted by atomic mass is 10.1. The van der Waals surface area contributed by atoms with Crippen LogP contribution >= 0.6 is 11.5 Å². The molecule has 2 heterocycles. The van der Waals surface area contributed by atoms with Crippen molar-refractivity contribution in [2.24, 2.45) is 0 Å². The van der Waals surface area contributed by atoms with Gasteiger partial charge in [0.2, 0.25) is 5.13 Å². The normalized spacial score (nSPS) is 19.3. The monoisotopic (exact) mass is 288 g/mol. The number of nitrogens with one attached hydrogen (secondary N) is 1. The molecule has 4 nitrogen and oxygen atoms in total. The molecule has 1 saturated heterocycles. The number of aryl methyl sites for hydroxylation is 1. The number of benzene rings is 1. The molecule has 1 atom stereocenters. The van der Waals surface area contributed by atoms with E-state index in [1.165, 1.54) is 22.7 Å².